The number of amides is 2. The van der Waals surface area contributed by atoms with Crippen molar-refractivity contribution in [2.75, 3.05) is 18.6 Å². The summed E-state index contributed by atoms with van der Waals surface area (Å²) in [6.45, 7) is 3.41. The minimum Gasteiger partial charge on any atom is -0.495 e. The third-order valence-electron chi connectivity index (χ3n) is 5.64. The lowest BCUT2D eigenvalue weighted by Gasteiger charge is -2.25. The highest BCUT2D eigenvalue weighted by molar-refractivity contribution is 5.99. The van der Waals surface area contributed by atoms with Crippen LogP contribution in [0.4, 0.5) is 5.69 Å². The van der Waals surface area contributed by atoms with E-state index in [1.165, 1.54) is 16.8 Å². The Kier molecular flexibility index (Phi) is 6.71. The number of ether oxygens (including phenoxy) is 1. The van der Waals surface area contributed by atoms with E-state index in [0.717, 1.165) is 37.0 Å². The Morgan fingerprint density at radius 3 is 2.70 bits per heavy atom. The van der Waals surface area contributed by atoms with Crippen LogP contribution in [0, 0.1) is 13.8 Å². The average molecular weight is 453 g/mol. The molecule has 33 heavy (non-hydrogen) atoms. The Morgan fingerprint density at radius 1 is 1.21 bits per heavy atom. The van der Waals surface area contributed by atoms with Crippen molar-refractivity contribution >= 4 is 17.5 Å². The summed E-state index contributed by atoms with van der Waals surface area (Å²) in [5.74, 6) is 1.41. The van der Waals surface area contributed by atoms with Gasteiger partial charge in [-0.15, -0.1) is 10.2 Å². The van der Waals surface area contributed by atoms with Gasteiger partial charge < -0.3 is 14.5 Å². The van der Waals surface area contributed by atoms with Crippen LogP contribution in [0.3, 0.4) is 0 Å². The molecule has 1 saturated carbocycles. The van der Waals surface area contributed by atoms with Gasteiger partial charge in [-0.2, -0.15) is 4.80 Å². The molecule has 2 aromatic heterocycles. The van der Waals surface area contributed by atoms with Crippen molar-refractivity contribution in [3.05, 3.63) is 41.7 Å². The number of furan rings is 1. The van der Waals surface area contributed by atoms with Crippen molar-refractivity contribution in [3.8, 4) is 17.3 Å². The minimum absolute atomic E-state index is 0.131. The van der Waals surface area contributed by atoms with Crippen LogP contribution in [0.1, 0.15) is 37.0 Å². The van der Waals surface area contributed by atoms with Crippen molar-refractivity contribution in [1.82, 2.24) is 25.5 Å². The highest BCUT2D eigenvalue weighted by atomic mass is 16.5. The average Bonchev–Trinajstić information content (AvgIpc) is 3.54. The maximum Gasteiger partial charge on any atom is 0.251 e. The van der Waals surface area contributed by atoms with Crippen LogP contribution in [0.15, 0.2) is 34.7 Å². The molecule has 0 radical (unpaired) electrons. The van der Waals surface area contributed by atoms with Crippen molar-refractivity contribution in [1.29, 1.82) is 0 Å². The molecule has 2 amide bonds. The number of tetrazole rings is 1. The SMILES string of the molecule is COc1ccc(C)cc1N(CC(=O)NC1CCCC1)C(=O)Cn1nnc(-c2ccc(C)o2)n1. The molecule has 1 N–H and O–H groups in total. The normalized spacial score (nSPS) is 13.8. The number of anilines is 1. The molecule has 174 valence electrons. The molecule has 0 unspecified atom stereocenters. The summed E-state index contributed by atoms with van der Waals surface area (Å²) in [7, 11) is 1.53. The zero-order valence-electron chi connectivity index (χ0n) is 19.1. The number of methoxy groups -OCH3 is 1. The van der Waals surface area contributed by atoms with Gasteiger partial charge in [0.1, 0.15) is 24.6 Å². The molecule has 4 rings (SSSR count). The predicted molar refractivity (Wildman–Crippen MR) is 121 cm³/mol. The Labute approximate surface area is 191 Å². The van der Waals surface area contributed by atoms with E-state index in [-0.39, 0.29) is 36.8 Å². The summed E-state index contributed by atoms with van der Waals surface area (Å²) in [5.41, 5.74) is 1.46. The maximum atomic E-state index is 13.4. The molecule has 10 heteroatoms. The first kappa shape index (κ1) is 22.5. The highest BCUT2D eigenvalue weighted by Gasteiger charge is 2.26. The van der Waals surface area contributed by atoms with E-state index >= 15 is 0 Å². The number of benzene rings is 1. The first-order chi connectivity index (χ1) is 15.9. The number of carbonyl (C=O) groups excluding carboxylic acids is 2. The number of hydrogen-bond donors (Lipinski definition) is 1. The van der Waals surface area contributed by atoms with E-state index in [0.29, 0.717) is 17.2 Å². The third kappa shape index (κ3) is 5.39. The molecule has 0 atom stereocenters. The Morgan fingerprint density at radius 2 is 2.00 bits per heavy atom. The fourth-order valence-corrected chi connectivity index (χ4v) is 3.98. The lowest BCUT2D eigenvalue weighted by atomic mass is 10.1. The van der Waals surface area contributed by atoms with E-state index < -0.39 is 0 Å². The number of nitrogens with one attached hydrogen (secondary N) is 1. The standard InChI is InChI=1S/C23H28N6O4/c1-15-8-10-19(32-3)18(12-15)28(13-21(30)24-17-6-4-5-7-17)22(31)14-29-26-23(25-27-29)20-11-9-16(2)33-20/h8-12,17H,4-7,13-14H2,1-3H3,(H,24,30). The Bertz CT molecular complexity index is 1130. The van der Waals surface area contributed by atoms with Gasteiger partial charge in [0.05, 0.1) is 12.8 Å². The summed E-state index contributed by atoms with van der Waals surface area (Å²) < 4.78 is 11.0. The second kappa shape index (κ2) is 9.85. The van der Waals surface area contributed by atoms with Gasteiger partial charge in [-0.25, -0.2) is 0 Å². The largest absolute Gasteiger partial charge is 0.495 e. The number of carbonyl (C=O) groups is 2. The van der Waals surface area contributed by atoms with Crippen LogP contribution < -0.4 is 15.0 Å². The van der Waals surface area contributed by atoms with Crippen molar-refractivity contribution < 1.29 is 18.7 Å². The molecule has 10 nitrogen and oxygen atoms in total. The maximum absolute atomic E-state index is 13.4. The van der Waals surface area contributed by atoms with Crippen LogP contribution in [-0.2, 0) is 16.1 Å². The van der Waals surface area contributed by atoms with Crippen molar-refractivity contribution in [3.63, 3.8) is 0 Å². The van der Waals surface area contributed by atoms with Gasteiger partial charge in [0, 0.05) is 6.04 Å². The Hall–Kier alpha value is -3.69. The zero-order chi connectivity index (χ0) is 23.4. The van der Waals surface area contributed by atoms with Crippen LogP contribution in [-0.4, -0.2) is 51.7 Å². The van der Waals surface area contributed by atoms with Gasteiger partial charge in [0.25, 0.3) is 5.91 Å². The summed E-state index contributed by atoms with van der Waals surface area (Å²) in [4.78, 5) is 28.8. The Balaban J connectivity index is 1.55. The van der Waals surface area contributed by atoms with E-state index in [4.69, 9.17) is 9.15 Å². The number of aryl methyl sites for hydroxylation is 2. The molecule has 2 heterocycles. The smallest absolute Gasteiger partial charge is 0.251 e. The molecule has 0 aliphatic heterocycles. The summed E-state index contributed by atoms with van der Waals surface area (Å²) in [5, 5.41) is 15.2. The predicted octanol–water partition coefficient (Wildman–Crippen LogP) is 2.65. The quantitative estimate of drug-likeness (QED) is 0.559. The highest BCUT2D eigenvalue weighted by Crippen LogP contribution is 2.30. The molecule has 1 aliphatic carbocycles. The van der Waals surface area contributed by atoms with Gasteiger partial charge in [-0.3, -0.25) is 14.5 Å². The number of aromatic nitrogens is 4. The third-order valence-corrected chi connectivity index (χ3v) is 5.64. The molecule has 0 saturated heterocycles. The lowest BCUT2D eigenvalue weighted by Crippen LogP contribution is -2.45. The van der Waals surface area contributed by atoms with Gasteiger partial charge in [-0.05, 0) is 61.7 Å². The molecule has 0 bridgehead atoms. The van der Waals surface area contributed by atoms with Gasteiger partial charge in [0.2, 0.25) is 11.7 Å². The number of hydrogen-bond acceptors (Lipinski definition) is 7. The molecule has 0 spiro atoms. The zero-order valence-corrected chi connectivity index (χ0v) is 19.1. The van der Waals surface area contributed by atoms with E-state index in [2.05, 4.69) is 20.7 Å². The number of rotatable bonds is 8. The monoisotopic (exact) mass is 452 g/mol. The first-order valence-electron chi connectivity index (χ1n) is 11.0. The molecule has 3 aromatic rings. The molecule has 1 aliphatic rings. The summed E-state index contributed by atoms with van der Waals surface area (Å²) >= 11 is 0. The van der Waals surface area contributed by atoms with Crippen molar-refractivity contribution in [2.45, 2.75) is 52.1 Å². The van der Waals surface area contributed by atoms with Gasteiger partial charge >= 0.3 is 0 Å². The second-order valence-electron chi connectivity index (χ2n) is 8.26. The van der Waals surface area contributed by atoms with E-state index in [9.17, 15) is 9.59 Å². The van der Waals surface area contributed by atoms with Crippen LogP contribution >= 0.6 is 0 Å². The van der Waals surface area contributed by atoms with Crippen LogP contribution in [0.5, 0.6) is 5.75 Å². The van der Waals surface area contributed by atoms with Crippen LogP contribution in [0.25, 0.3) is 11.6 Å². The number of nitrogens with zero attached hydrogens (tertiary/aromatic N) is 5. The molecular formula is C23H28N6O4. The lowest BCUT2D eigenvalue weighted by molar-refractivity contribution is -0.124. The summed E-state index contributed by atoms with van der Waals surface area (Å²) in [6, 6.07) is 9.20. The van der Waals surface area contributed by atoms with Gasteiger partial charge in [0.15, 0.2) is 5.76 Å². The molecule has 1 aromatic carbocycles. The molecule has 1 fully saturated rings. The van der Waals surface area contributed by atoms with Crippen LogP contribution in [0.2, 0.25) is 0 Å². The van der Waals surface area contributed by atoms with Gasteiger partial charge in [-0.1, -0.05) is 18.9 Å². The summed E-state index contributed by atoms with van der Waals surface area (Å²) in [6.07, 6.45) is 4.14. The fourth-order valence-electron chi connectivity index (χ4n) is 3.98. The topological polar surface area (TPSA) is 115 Å². The second-order valence-corrected chi connectivity index (χ2v) is 8.26. The van der Waals surface area contributed by atoms with E-state index in [1.54, 1.807) is 18.2 Å². The van der Waals surface area contributed by atoms with Crippen molar-refractivity contribution in [2.24, 2.45) is 0 Å². The minimum atomic E-state index is -0.361. The van der Waals surface area contributed by atoms with E-state index in [1.807, 2.05) is 26.0 Å². The fraction of sp³-hybridized carbons (Fsp3) is 0.435. The first-order valence-corrected chi connectivity index (χ1v) is 11.0. The molecular weight excluding hydrogens is 424 g/mol.